The second kappa shape index (κ2) is 5.78. The highest BCUT2D eigenvalue weighted by atomic mass is 32.2. The van der Waals surface area contributed by atoms with E-state index in [1.807, 2.05) is 0 Å². The molecule has 2 aromatic rings. The molecule has 0 aliphatic carbocycles. The van der Waals surface area contributed by atoms with Crippen molar-refractivity contribution in [2.45, 2.75) is 24.4 Å². The second-order valence-electron chi connectivity index (χ2n) is 4.20. The summed E-state index contributed by atoms with van der Waals surface area (Å²) in [5.41, 5.74) is 5.78. The van der Waals surface area contributed by atoms with Crippen molar-refractivity contribution in [3.63, 3.8) is 0 Å². The van der Waals surface area contributed by atoms with Crippen molar-refractivity contribution in [3.05, 3.63) is 36.0 Å². The number of nitrogens with two attached hydrogens (primary N) is 1. The first-order valence-electron chi connectivity index (χ1n) is 6.07. The number of alkyl halides is 3. The molecule has 0 unspecified atom stereocenters. The Morgan fingerprint density at radius 1 is 1.25 bits per heavy atom. The van der Waals surface area contributed by atoms with E-state index in [9.17, 15) is 13.2 Å². The molecule has 0 fully saturated rings. The Kier molecular flexibility index (Phi) is 4.27. The molecule has 108 valence electrons. The van der Waals surface area contributed by atoms with E-state index in [4.69, 9.17) is 5.73 Å². The molecule has 7 heteroatoms. The highest BCUT2D eigenvalue weighted by molar-refractivity contribution is 7.99. The highest BCUT2D eigenvalue weighted by Gasteiger charge is 2.30. The third kappa shape index (κ3) is 3.09. The third-order valence-electron chi connectivity index (χ3n) is 2.67. The smallest absolute Gasteiger partial charge is 0.383 e. The average molecular weight is 301 g/mol. The van der Waals surface area contributed by atoms with Crippen LogP contribution in [-0.4, -0.2) is 15.5 Å². The second-order valence-corrected chi connectivity index (χ2v) is 5.34. The van der Waals surface area contributed by atoms with Crippen molar-refractivity contribution in [1.29, 1.82) is 0 Å². The summed E-state index contributed by atoms with van der Waals surface area (Å²) in [5, 5.41) is 4.12. The topological polar surface area (TPSA) is 43.8 Å². The number of halogens is 3. The predicted molar refractivity (Wildman–Crippen MR) is 74.0 cm³/mol. The first kappa shape index (κ1) is 14.8. The lowest BCUT2D eigenvalue weighted by Gasteiger charge is -2.08. The number of hydrogen-bond donors (Lipinski definition) is 1. The largest absolute Gasteiger partial charge is 0.416 e. The number of thioether (sulfide) groups is 1. The van der Waals surface area contributed by atoms with E-state index in [1.165, 1.54) is 16.8 Å². The van der Waals surface area contributed by atoms with Crippen molar-refractivity contribution >= 4 is 17.6 Å². The monoisotopic (exact) mass is 301 g/mol. The number of anilines is 1. The highest BCUT2D eigenvalue weighted by Crippen LogP contribution is 2.31. The number of rotatable bonds is 4. The van der Waals surface area contributed by atoms with Gasteiger partial charge in [0, 0.05) is 0 Å². The Hall–Kier alpha value is -1.63. The van der Waals surface area contributed by atoms with Crippen LogP contribution >= 0.6 is 11.8 Å². The lowest BCUT2D eigenvalue weighted by Crippen LogP contribution is -2.06. The molecule has 2 N–H and O–H groups in total. The molecule has 0 aliphatic rings. The van der Waals surface area contributed by atoms with Crippen molar-refractivity contribution in [2.24, 2.45) is 0 Å². The van der Waals surface area contributed by atoms with Gasteiger partial charge in [0.2, 0.25) is 0 Å². The van der Waals surface area contributed by atoms with Crippen LogP contribution in [0.2, 0.25) is 0 Å². The van der Waals surface area contributed by atoms with E-state index < -0.39 is 11.7 Å². The van der Waals surface area contributed by atoms with E-state index in [2.05, 4.69) is 12.0 Å². The van der Waals surface area contributed by atoms with Gasteiger partial charge in [0.1, 0.15) is 5.82 Å². The minimum absolute atomic E-state index is 0.447. The molecule has 0 saturated carbocycles. The first-order valence-corrected chi connectivity index (χ1v) is 7.06. The standard InChI is InChI=1S/C13H14F3N3S/c1-2-7-20-11-8-18-19(12(11)17)10-5-3-9(4-6-10)13(14,15)16/h3-6,8H,2,7,17H2,1H3. The normalized spacial score (nSPS) is 11.8. The zero-order valence-electron chi connectivity index (χ0n) is 10.8. The minimum Gasteiger partial charge on any atom is -0.383 e. The van der Waals surface area contributed by atoms with Crippen LogP contribution in [-0.2, 0) is 6.18 Å². The summed E-state index contributed by atoms with van der Waals surface area (Å²) in [6, 6.07) is 4.77. The van der Waals surface area contributed by atoms with Crippen LogP contribution in [0.15, 0.2) is 35.4 Å². The summed E-state index contributed by atoms with van der Waals surface area (Å²) >= 11 is 1.58. The predicted octanol–water partition coefficient (Wildman–Crippen LogP) is 3.98. The molecule has 0 amide bonds. The van der Waals surface area contributed by atoms with Crippen LogP contribution in [0.3, 0.4) is 0 Å². The van der Waals surface area contributed by atoms with Crippen LogP contribution in [0.4, 0.5) is 19.0 Å². The van der Waals surface area contributed by atoms with Crippen molar-refractivity contribution < 1.29 is 13.2 Å². The molecule has 0 bridgehead atoms. The molecule has 0 radical (unpaired) electrons. The van der Waals surface area contributed by atoms with Crippen LogP contribution in [0.25, 0.3) is 5.69 Å². The molecule has 2 rings (SSSR count). The van der Waals surface area contributed by atoms with Crippen molar-refractivity contribution in [2.75, 3.05) is 11.5 Å². The van der Waals surface area contributed by atoms with Crippen LogP contribution in [0, 0.1) is 0 Å². The Bertz CT molecular complexity index is 576. The lowest BCUT2D eigenvalue weighted by atomic mass is 10.2. The van der Waals surface area contributed by atoms with Crippen LogP contribution < -0.4 is 5.73 Å². The molecule has 0 saturated heterocycles. The Morgan fingerprint density at radius 2 is 1.90 bits per heavy atom. The molecular formula is C13H14F3N3S. The fraction of sp³-hybridized carbons (Fsp3) is 0.308. The zero-order chi connectivity index (χ0) is 14.8. The van der Waals surface area contributed by atoms with Gasteiger partial charge in [0.25, 0.3) is 0 Å². The fourth-order valence-electron chi connectivity index (χ4n) is 1.66. The van der Waals surface area contributed by atoms with Gasteiger partial charge in [-0.2, -0.15) is 18.3 Å². The van der Waals surface area contributed by atoms with Gasteiger partial charge < -0.3 is 5.73 Å². The van der Waals surface area contributed by atoms with Crippen LogP contribution in [0.1, 0.15) is 18.9 Å². The Balaban J connectivity index is 2.26. The van der Waals surface area contributed by atoms with Crippen LogP contribution in [0.5, 0.6) is 0 Å². The van der Waals surface area contributed by atoms with E-state index in [1.54, 1.807) is 18.0 Å². The SMILES string of the molecule is CCCSc1cnn(-c2ccc(C(F)(F)F)cc2)c1N. The maximum Gasteiger partial charge on any atom is 0.416 e. The maximum absolute atomic E-state index is 12.5. The van der Waals surface area contributed by atoms with Gasteiger partial charge in [-0.05, 0) is 36.4 Å². The molecule has 0 aliphatic heterocycles. The van der Waals surface area contributed by atoms with Gasteiger partial charge >= 0.3 is 6.18 Å². The number of nitrogens with zero attached hydrogens (tertiary/aromatic N) is 2. The molecule has 20 heavy (non-hydrogen) atoms. The summed E-state index contributed by atoms with van der Waals surface area (Å²) in [6.07, 6.45) is -1.70. The number of hydrogen-bond acceptors (Lipinski definition) is 3. The Labute approximate surface area is 119 Å². The minimum atomic E-state index is -4.34. The summed E-state index contributed by atoms with van der Waals surface area (Å²) < 4.78 is 38.9. The lowest BCUT2D eigenvalue weighted by molar-refractivity contribution is -0.137. The maximum atomic E-state index is 12.5. The zero-order valence-corrected chi connectivity index (χ0v) is 11.6. The van der Waals surface area contributed by atoms with E-state index in [0.29, 0.717) is 11.5 Å². The first-order chi connectivity index (χ1) is 9.43. The Morgan fingerprint density at radius 3 is 2.45 bits per heavy atom. The average Bonchev–Trinajstić information content (AvgIpc) is 2.77. The number of benzene rings is 1. The number of aromatic nitrogens is 2. The van der Waals surface area contributed by atoms with Gasteiger partial charge in [-0.3, -0.25) is 0 Å². The number of nitrogen functional groups attached to an aromatic ring is 1. The van der Waals surface area contributed by atoms with Gasteiger partial charge in [-0.15, -0.1) is 11.8 Å². The van der Waals surface area contributed by atoms with E-state index in [0.717, 1.165) is 29.2 Å². The van der Waals surface area contributed by atoms with Gasteiger partial charge in [-0.25, -0.2) is 4.68 Å². The summed E-state index contributed by atoms with van der Waals surface area (Å²) in [7, 11) is 0. The van der Waals surface area contributed by atoms with E-state index >= 15 is 0 Å². The fourth-order valence-corrected chi connectivity index (χ4v) is 2.44. The third-order valence-corrected chi connectivity index (χ3v) is 3.91. The molecule has 0 atom stereocenters. The molecule has 0 spiro atoms. The van der Waals surface area contributed by atoms with Crippen molar-refractivity contribution in [3.8, 4) is 5.69 Å². The molecule has 1 aromatic heterocycles. The molecule has 3 nitrogen and oxygen atoms in total. The van der Waals surface area contributed by atoms with Crippen molar-refractivity contribution in [1.82, 2.24) is 9.78 Å². The van der Waals surface area contributed by atoms with Gasteiger partial charge in [0.05, 0.1) is 22.3 Å². The molecule has 1 heterocycles. The summed E-state index contributed by atoms with van der Waals surface area (Å²) in [6.45, 7) is 2.06. The van der Waals surface area contributed by atoms with E-state index in [-0.39, 0.29) is 0 Å². The van der Waals surface area contributed by atoms with Gasteiger partial charge in [0.15, 0.2) is 0 Å². The quantitative estimate of drug-likeness (QED) is 0.869. The summed E-state index contributed by atoms with van der Waals surface area (Å²) in [4.78, 5) is 0.840. The molecular weight excluding hydrogens is 287 g/mol. The summed E-state index contributed by atoms with van der Waals surface area (Å²) in [5.74, 6) is 1.37. The molecule has 1 aromatic carbocycles. The van der Waals surface area contributed by atoms with Gasteiger partial charge in [-0.1, -0.05) is 6.92 Å².